The van der Waals surface area contributed by atoms with Gasteiger partial charge in [-0.25, -0.2) is 0 Å². The van der Waals surface area contributed by atoms with Crippen LogP contribution in [0.5, 0.6) is 5.75 Å². The molecule has 3 rings (SSSR count). The number of rotatable bonds is 14. The number of ether oxygens (including phenoxy) is 1. The van der Waals surface area contributed by atoms with Gasteiger partial charge in [0.05, 0.1) is 17.6 Å². The number of hydrogen-bond acceptors (Lipinski definition) is 3. The molecule has 2 atom stereocenters. The Morgan fingerprint density at radius 3 is 2.17 bits per heavy atom. The van der Waals surface area contributed by atoms with E-state index in [0.717, 1.165) is 82.8 Å². The third-order valence-electron chi connectivity index (χ3n) is 7.74. The molecule has 1 fully saturated rings. The van der Waals surface area contributed by atoms with E-state index in [-0.39, 0.29) is 12.0 Å². The number of aliphatic hydroxyl groups is 1. The molecule has 1 aliphatic rings. The average Bonchev–Trinajstić information content (AvgIpc) is 2.90. The van der Waals surface area contributed by atoms with Crippen LogP contribution in [0.2, 0.25) is 0 Å². The fourth-order valence-electron chi connectivity index (χ4n) is 5.73. The first-order chi connectivity index (χ1) is 17.1. The van der Waals surface area contributed by atoms with Crippen molar-refractivity contribution in [3.05, 3.63) is 54.1 Å². The van der Waals surface area contributed by atoms with Gasteiger partial charge in [-0.3, -0.25) is 0 Å². The minimum atomic E-state index is -0.177. The zero-order valence-electron chi connectivity index (χ0n) is 22.0. The van der Waals surface area contributed by atoms with Crippen LogP contribution in [0.1, 0.15) is 109 Å². The van der Waals surface area contributed by atoms with Gasteiger partial charge in [-0.15, -0.1) is 0 Å². The number of nitrogens with zero attached hydrogens (tertiary/aromatic N) is 1. The molecule has 0 amide bonds. The van der Waals surface area contributed by atoms with E-state index in [1.165, 1.54) is 23.1 Å². The van der Waals surface area contributed by atoms with Crippen LogP contribution in [0.15, 0.2) is 48.5 Å². The zero-order valence-corrected chi connectivity index (χ0v) is 22.0. The molecule has 35 heavy (non-hydrogen) atoms. The van der Waals surface area contributed by atoms with Crippen LogP contribution in [0.3, 0.4) is 0 Å². The summed E-state index contributed by atoms with van der Waals surface area (Å²) in [5.74, 6) is 1.43. The van der Waals surface area contributed by atoms with E-state index in [4.69, 9.17) is 9.84 Å². The lowest BCUT2D eigenvalue weighted by atomic mass is 9.66. The second-order valence-corrected chi connectivity index (χ2v) is 10.5. The molecule has 0 aromatic heterocycles. The number of hydrogen-bond donors (Lipinski definition) is 1. The minimum absolute atomic E-state index is 0.177. The van der Waals surface area contributed by atoms with E-state index in [1.54, 1.807) is 0 Å². The van der Waals surface area contributed by atoms with Crippen LogP contribution in [-0.2, 0) is 0 Å². The molecule has 0 bridgehead atoms. The lowest BCUT2D eigenvalue weighted by Gasteiger charge is -2.36. The second kappa shape index (κ2) is 14.3. The Balaban J connectivity index is 1.60. The molecule has 3 nitrogen and oxygen atoms in total. The standard InChI is InChI=1S/C32H45NO2/c1-3-10-30(11-4-2)35-31-19-17-27(18-20-31)26-13-15-28(16-14-26)29-12-9-22-32(24-29,25-33)21-7-5-6-8-23-34/h13-20,29-30,34H,3-12,21-24H2,1-2H3. The van der Waals surface area contributed by atoms with Crippen molar-refractivity contribution in [1.82, 2.24) is 0 Å². The second-order valence-electron chi connectivity index (χ2n) is 10.5. The van der Waals surface area contributed by atoms with Crippen molar-refractivity contribution < 1.29 is 9.84 Å². The molecule has 3 heteroatoms. The van der Waals surface area contributed by atoms with Crippen molar-refractivity contribution in [2.24, 2.45) is 5.41 Å². The molecule has 2 aromatic carbocycles. The average molecular weight is 476 g/mol. The van der Waals surface area contributed by atoms with Gasteiger partial charge < -0.3 is 9.84 Å². The zero-order chi connectivity index (χ0) is 24.9. The summed E-state index contributed by atoms with van der Waals surface area (Å²) < 4.78 is 6.22. The maximum Gasteiger partial charge on any atom is 0.119 e. The normalized spacial score (nSPS) is 20.0. The summed E-state index contributed by atoms with van der Waals surface area (Å²) in [4.78, 5) is 0. The largest absolute Gasteiger partial charge is 0.490 e. The molecule has 1 N–H and O–H groups in total. The number of nitriles is 1. The fraction of sp³-hybridized carbons (Fsp3) is 0.594. The summed E-state index contributed by atoms with van der Waals surface area (Å²) in [5.41, 5.74) is 3.63. The molecule has 2 unspecified atom stereocenters. The Labute approximate surface area is 213 Å². The molecule has 0 spiro atoms. The summed E-state index contributed by atoms with van der Waals surface area (Å²) >= 11 is 0. The van der Waals surface area contributed by atoms with Gasteiger partial charge in [0.2, 0.25) is 0 Å². The van der Waals surface area contributed by atoms with Crippen LogP contribution in [0.4, 0.5) is 0 Å². The molecule has 0 heterocycles. The molecule has 1 aliphatic carbocycles. The van der Waals surface area contributed by atoms with Gasteiger partial charge in [-0.05, 0) is 79.7 Å². The van der Waals surface area contributed by atoms with Crippen LogP contribution >= 0.6 is 0 Å². The van der Waals surface area contributed by atoms with Crippen LogP contribution in [-0.4, -0.2) is 17.8 Å². The van der Waals surface area contributed by atoms with Crippen LogP contribution in [0.25, 0.3) is 11.1 Å². The van der Waals surface area contributed by atoms with Crippen molar-refractivity contribution in [2.45, 2.75) is 109 Å². The highest BCUT2D eigenvalue weighted by molar-refractivity contribution is 5.64. The predicted molar refractivity (Wildman–Crippen MR) is 146 cm³/mol. The van der Waals surface area contributed by atoms with E-state index in [2.05, 4.69) is 68.4 Å². The molecule has 0 saturated heterocycles. The van der Waals surface area contributed by atoms with E-state index in [9.17, 15) is 5.26 Å². The number of aliphatic hydroxyl groups excluding tert-OH is 1. The molecule has 1 saturated carbocycles. The number of unbranched alkanes of at least 4 members (excludes halogenated alkanes) is 3. The Kier molecular flexibility index (Phi) is 11.1. The van der Waals surface area contributed by atoms with Crippen molar-refractivity contribution in [3.8, 4) is 22.9 Å². The van der Waals surface area contributed by atoms with Gasteiger partial charge in [0.1, 0.15) is 5.75 Å². The van der Waals surface area contributed by atoms with Crippen molar-refractivity contribution >= 4 is 0 Å². The van der Waals surface area contributed by atoms with Gasteiger partial charge in [-0.2, -0.15) is 5.26 Å². The Bertz CT molecular complexity index is 893. The smallest absolute Gasteiger partial charge is 0.119 e. The van der Waals surface area contributed by atoms with Gasteiger partial charge in [0, 0.05) is 6.61 Å². The third kappa shape index (κ3) is 8.11. The molecular weight excluding hydrogens is 430 g/mol. The van der Waals surface area contributed by atoms with E-state index >= 15 is 0 Å². The van der Waals surface area contributed by atoms with Gasteiger partial charge in [-0.1, -0.05) is 88.8 Å². The Morgan fingerprint density at radius 1 is 0.943 bits per heavy atom. The van der Waals surface area contributed by atoms with Crippen LogP contribution in [0, 0.1) is 16.7 Å². The minimum Gasteiger partial charge on any atom is -0.490 e. The summed E-state index contributed by atoms with van der Waals surface area (Å²) in [5, 5.41) is 19.0. The quantitative estimate of drug-likeness (QED) is 0.278. The van der Waals surface area contributed by atoms with E-state index in [0.29, 0.717) is 12.0 Å². The molecule has 0 aliphatic heterocycles. The van der Waals surface area contributed by atoms with E-state index < -0.39 is 0 Å². The maximum absolute atomic E-state index is 10.0. The van der Waals surface area contributed by atoms with Gasteiger partial charge >= 0.3 is 0 Å². The highest BCUT2D eigenvalue weighted by atomic mass is 16.5. The summed E-state index contributed by atoms with van der Waals surface area (Å²) in [6, 6.07) is 20.3. The molecular formula is C32H45NO2. The van der Waals surface area contributed by atoms with Crippen molar-refractivity contribution in [1.29, 1.82) is 5.26 Å². The highest BCUT2D eigenvalue weighted by Crippen LogP contribution is 2.46. The van der Waals surface area contributed by atoms with Crippen LogP contribution < -0.4 is 4.74 Å². The maximum atomic E-state index is 10.0. The summed E-state index contributed by atoms with van der Waals surface area (Å²) in [6.07, 6.45) is 14.3. The predicted octanol–water partition coefficient (Wildman–Crippen LogP) is 8.81. The number of benzene rings is 2. The monoisotopic (exact) mass is 475 g/mol. The first-order valence-corrected chi connectivity index (χ1v) is 14.0. The van der Waals surface area contributed by atoms with Gasteiger partial charge in [0.25, 0.3) is 0 Å². The summed E-state index contributed by atoms with van der Waals surface area (Å²) in [7, 11) is 0. The Morgan fingerprint density at radius 2 is 1.57 bits per heavy atom. The van der Waals surface area contributed by atoms with Gasteiger partial charge in [0.15, 0.2) is 0 Å². The van der Waals surface area contributed by atoms with Crippen molar-refractivity contribution in [2.75, 3.05) is 6.61 Å². The topological polar surface area (TPSA) is 53.2 Å². The first-order valence-electron chi connectivity index (χ1n) is 14.0. The molecule has 0 radical (unpaired) electrons. The van der Waals surface area contributed by atoms with E-state index in [1.807, 2.05) is 0 Å². The summed E-state index contributed by atoms with van der Waals surface area (Å²) in [6.45, 7) is 4.71. The SMILES string of the molecule is CCCC(CCC)Oc1ccc(-c2ccc(C3CCCC(C#N)(CCCCCCO)C3)cc2)cc1. The highest BCUT2D eigenvalue weighted by Gasteiger charge is 2.36. The molecule has 190 valence electrons. The molecule has 2 aromatic rings. The Hall–Kier alpha value is -2.31. The lowest BCUT2D eigenvalue weighted by molar-refractivity contribution is 0.179. The third-order valence-corrected chi connectivity index (χ3v) is 7.74. The fourth-order valence-corrected chi connectivity index (χ4v) is 5.73. The first kappa shape index (κ1) is 27.3. The lowest BCUT2D eigenvalue weighted by Crippen LogP contribution is -2.26. The van der Waals surface area contributed by atoms with Crippen molar-refractivity contribution in [3.63, 3.8) is 0 Å².